The molecule has 2 nitrogen and oxygen atoms in total. The summed E-state index contributed by atoms with van der Waals surface area (Å²) in [5.74, 6) is 0.676. The first-order valence-corrected chi connectivity index (χ1v) is 5.23. The van der Waals surface area contributed by atoms with Crippen molar-refractivity contribution in [1.29, 1.82) is 0 Å². The Morgan fingerprint density at radius 2 is 2.06 bits per heavy atom. The number of ketones is 1. The van der Waals surface area contributed by atoms with E-state index in [1.54, 1.807) is 18.4 Å². The van der Waals surface area contributed by atoms with Gasteiger partial charge in [-0.15, -0.1) is 0 Å². The van der Waals surface area contributed by atoms with Gasteiger partial charge < -0.3 is 4.74 Å². The van der Waals surface area contributed by atoms with Crippen LogP contribution < -0.4 is 0 Å². The maximum Gasteiger partial charge on any atom is 0.189 e. The fraction of sp³-hybridized carbons (Fsp3) is 0.0714. The maximum atomic E-state index is 11.9. The highest BCUT2D eigenvalue weighted by molar-refractivity contribution is 6.09. The van der Waals surface area contributed by atoms with Gasteiger partial charge in [0.2, 0.25) is 0 Å². The molecule has 0 unspecified atom stereocenters. The number of carbonyl (C=O) groups excluding carboxylic acids is 1. The number of hydrogen-bond donors (Lipinski definition) is 0. The molecule has 3 rings (SSSR count). The molecule has 0 atom stereocenters. The van der Waals surface area contributed by atoms with Crippen LogP contribution in [0.15, 0.2) is 71.3 Å². The molecule has 0 bridgehead atoms. The number of hydrogen-bond acceptors (Lipinski definition) is 2. The van der Waals surface area contributed by atoms with Crippen LogP contribution in [-0.2, 0) is 9.53 Å². The van der Waals surface area contributed by atoms with Crippen molar-refractivity contribution in [2.24, 2.45) is 0 Å². The molecule has 0 radical (unpaired) electrons. The van der Waals surface area contributed by atoms with Crippen molar-refractivity contribution in [3.8, 4) is 0 Å². The minimum Gasteiger partial charge on any atom is -0.464 e. The van der Waals surface area contributed by atoms with Crippen LogP contribution in [0.3, 0.4) is 0 Å². The molecule has 16 heavy (non-hydrogen) atoms. The lowest BCUT2D eigenvalue weighted by atomic mass is 9.89. The average molecular weight is 210 g/mol. The van der Waals surface area contributed by atoms with Crippen LogP contribution in [0.1, 0.15) is 6.42 Å². The molecular weight excluding hydrogens is 200 g/mol. The van der Waals surface area contributed by atoms with Crippen LogP contribution in [0.4, 0.5) is 0 Å². The van der Waals surface area contributed by atoms with E-state index in [0.717, 1.165) is 17.6 Å². The zero-order valence-electron chi connectivity index (χ0n) is 8.64. The average Bonchev–Trinajstić information content (AvgIpc) is 2.49. The van der Waals surface area contributed by atoms with Gasteiger partial charge in [-0.25, -0.2) is 0 Å². The topological polar surface area (TPSA) is 26.3 Å². The van der Waals surface area contributed by atoms with Crippen molar-refractivity contribution in [3.05, 3.63) is 71.3 Å². The fourth-order valence-electron chi connectivity index (χ4n) is 2.07. The summed E-state index contributed by atoms with van der Waals surface area (Å²) >= 11 is 0. The molecule has 0 spiro atoms. The first-order chi connectivity index (χ1) is 7.86. The first-order valence-electron chi connectivity index (χ1n) is 5.23. The SMILES string of the molecule is O=C1C=CC=C2OC=CC3=CC=CCC3=C12. The van der Waals surface area contributed by atoms with Gasteiger partial charge in [0.05, 0.1) is 11.8 Å². The largest absolute Gasteiger partial charge is 0.464 e. The second-order valence-corrected chi connectivity index (χ2v) is 3.78. The minimum absolute atomic E-state index is 0.0254. The summed E-state index contributed by atoms with van der Waals surface area (Å²) in [6, 6.07) is 0. The van der Waals surface area contributed by atoms with E-state index in [0.29, 0.717) is 11.3 Å². The summed E-state index contributed by atoms with van der Waals surface area (Å²) < 4.78 is 5.45. The monoisotopic (exact) mass is 210 g/mol. The number of fused-ring (bicyclic) bond motifs is 2. The van der Waals surface area contributed by atoms with Gasteiger partial charge in [0, 0.05) is 0 Å². The predicted molar refractivity (Wildman–Crippen MR) is 61.3 cm³/mol. The fourth-order valence-corrected chi connectivity index (χ4v) is 2.07. The van der Waals surface area contributed by atoms with E-state index in [1.807, 2.05) is 30.4 Å². The van der Waals surface area contributed by atoms with Gasteiger partial charge in [-0.2, -0.15) is 0 Å². The third-order valence-electron chi connectivity index (χ3n) is 2.81. The highest BCUT2D eigenvalue weighted by Crippen LogP contribution is 2.33. The second kappa shape index (κ2) is 3.49. The van der Waals surface area contributed by atoms with E-state index in [1.165, 1.54) is 0 Å². The van der Waals surface area contributed by atoms with Gasteiger partial charge in [0.25, 0.3) is 0 Å². The number of ether oxygens (including phenoxy) is 1. The summed E-state index contributed by atoms with van der Waals surface area (Å²) in [6.07, 6.45) is 15.5. The Bertz CT molecular complexity index is 537. The summed E-state index contributed by atoms with van der Waals surface area (Å²) in [6.45, 7) is 0. The molecule has 1 heterocycles. The standard InChI is InChI=1S/C14H10O2/c15-12-6-3-7-13-14(12)11-5-2-1-4-10(11)8-9-16-13/h1-4,6-9H,5H2. The van der Waals surface area contributed by atoms with Crippen molar-refractivity contribution in [3.63, 3.8) is 0 Å². The first kappa shape index (κ1) is 9.16. The zero-order valence-corrected chi connectivity index (χ0v) is 8.64. The van der Waals surface area contributed by atoms with Crippen LogP contribution in [-0.4, -0.2) is 5.78 Å². The summed E-state index contributed by atoms with van der Waals surface area (Å²) in [5, 5.41) is 0. The van der Waals surface area contributed by atoms with Crippen molar-refractivity contribution in [2.45, 2.75) is 6.42 Å². The van der Waals surface area contributed by atoms with Crippen LogP contribution in [0.5, 0.6) is 0 Å². The summed E-state index contributed by atoms with van der Waals surface area (Å²) in [4.78, 5) is 11.9. The lowest BCUT2D eigenvalue weighted by Gasteiger charge is -2.15. The third kappa shape index (κ3) is 1.31. The van der Waals surface area contributed by atoms with E-state index in [4.69, 9.17) is 4.74 Å². The Morgan fingerprint density at radius 3 is 3.00 bits per heavy atom. The highest BCUT2D eigenvalue weighted by atomic mass is 16.5. The van der Waals surface area contributed by atoms with Gasteiger partial charge in [0.15, 0.2) is 5.78 Å². The normalized spacial score (nSPS) is 21.9. The highest BCUT2D eigenvalue weighted by Gasteiger charge is 2.24. The molecule has 0 aromatic heterocycles. The third-order valence-corrected chi connectivity index (χ3v) is 2.81. The van der Waals surface area contributed by atoms with Gasteiger partial charge in [-0.3, -0.25) is 4.79 Å². The Morgan fingerprint density at radius 1 is 1.12 bits per heavy atom. The molecule has 0 aromatic carbocycles. The smallest absolute Gasteiger partial charge is 0.189 e. The van der Waals surface area contributed by atoms with Gasteiger partial charge >= 0.3 is 0 Å². The van der Waals surface area contributed by atoms with E-state index >= 15 is 0 Å². The van der Waals surface area contributed by atoms with Crippen molar-refractivity contribution >= 4 is 5.78 Å². The molecule has 1 aliphatic heterocycles. The Kier molecular flexibility index (Phi) is 2.00. The molecule has 0 aromatic rings. The molecule has 0 amide bonds. The molecule has 78 valence electrons. The van der Waals surface area contributed by atoms with E-state index in [2.05, 4.69) is 0 Å². The molecular formula is C14H10O2. The zero-order chi connectivity index (χ0) is 11.0. The quantitative estimate of drug-likeness (QED) is 0.614. The van der Waals surface area contributed by atoms with Gasteiger partial charge in [-0.1, -0.05) is 24.3 Å². The maximum absolute atomic E-state index is 11.9. The van der Waals surface area contributed by atoms with E-state index < -0.39 is 0 Å². The lowest BCUT2D eigenvalue weighted by molar-refractivity contribution is -0.111. The van der Waals surface area contributed by atoms with E-state index in [-0.39, 0.29) is 5.78 Å². The molecule has 2 heteroatoms. The minimum atomic E-state index is 0.0254. The molecule has 2 aliphatic carbocycles. The van der Waals surface area contributed by atoms with Crippen LogP contribution in [0.2, 0.25) is 0 Å². The number of allylic oxidation sites excluding steroid dienone is 10. The summed E-state index contributed by atoms with van der Waals surface area (Å²) in [7, 11) is 0. The van der Waals surface area contributed by atoms with Crippen LogP contribution >= 0.6 is 0 Å². The predicted octanol–water partition coefficient (Wildman–Crippen LogP) is 2.74. The van der Waals surface area contributed by atoms with Gasteiger partial charge in [0.1, 0.15) is 5.76 Å². The second-order valence-electron chi connectivity index (χ2n) is 3.78. The van der Waals surface area contributed by atoms with Crippen molar-refractivity contribution < 1.29 is 9.53 Å². The Labute approximate surface area is 93.6 Å². The number of rotatable bonds is 0. The van der Waals surface area contributed by atoms with Crippen LogP contribution in [0.25, 0.3) is 0 Å². The Hall–Kier alpha value is -2.09. The molecule has 0 saturated heterocycles. The van der Waals surface area contributed by atoms with Crippen molar-refractivity contribution in [2.75, 3.05) is 0 Å². The number of carbonyl (C=O) groups is 1. The molecule has 0 N–H and O–H groups in total. The molecule has 0 saturated carbocycles. The molecule has 3 aliphatic rings. The lowest BCUT2D eigenvalue weighted by Crippen LogP contribution is -2.10. The van der Waals surface area contributed by atoms with Crippen molar-refractivity contribution in [1.82, 2.24) is 0 Å². The molecule has 0 fully saturated rings. The van der Waals surface area contributed by atoms with E-state index in [9.17, 15) is 4.79 Å². The van der Waals surface area contributed by atoms with Gasteiger partial charge in [-0.05, 0) is 35.8 Å². The Balaban J connectivity index is 2.24. The summed E-state index contributed by atoms with van der Waals surface area (Å²) in [5.41, 5.74) is 2.81. The van der Waals surface area contributed by atoms with Crippen LogP contribution in [0, 0.1) is 0 Å².